The average molecular weight is 413 g/mol. The summed E-state index contributed by atoms with van der Waals surface area (Å²) in [5.41, 5.74) is 3.54. The molecule has 0 bridgehead atoms. The number of nitrogens with zero attached hydrogens (tertiary/aromatic N) is 1. The lowest BCUT2D eigenvalue weighted by Gasteiger charge is -2.51. The highest BCUT2D eigenvalue weighted by Gasteiger charge is 2.53. The lowest BCUT2D eigenvalue weighted by molar-refractivity contribution is 0.118. The molecule has 1 N–H and O–H groups in total. The fraction of sp³-hybridized carbons (Fsp3) is 0.458. The van der Waals surface area contributed by atoms with Crippen LogP contribution in [0.25, 0.3) is 0 Å². The molecule has 0 aromatic heterocycles. The van der Waals surface area contributed by atoms with Crippen LogP contribution in [0.15, 0.2) is 47.5 Å². The molecule has 2 aliphatic heterocycles. The van der Waals surface area contributed by atoms with Crippen LogP contribution < -0.4 is 5.32 Å². The summed E-state index contributed by atoms with van der Waals surface area (Å²) in [5.74, 6) is 1.36. The molecule has 3 atom stereocenters. The minimum Gasteiger partial charge on any atom is -0.309 e. The van der Waals surface area contributed by atoms with Crippen molar-refractivity contribution in [2.45, 2.75) is 50.0 Å². The van der Waals surface area contributed by atoms with Crippen molar-refractivity contribution >= 4 is 35.1 Å². The van der Waals surface area contributed by atoms with Gasteiger partial charge in [0, 0.05) is 22.3 Å². The summed E-state index contributed by atoms with van der Waals surface area (Å²) in [6.07, 6.45) is 10.2. The van der Waals surface area contributed by atoms with Gasteiger partial charge in [-0.1, -0.05) is 73.5 Å². The maximum absolute atomic E-state index is 6.30. The molecule has 0 radical (unpaired) electrons. The van der Waals surface area contributed by atoms with E-state index in [9.17, 15) is 0 Å². The lowest BCUT2D eigenvalue weighted by Crippen LogP contribution is -2.54. The molecular formula is C24H26Cl2N2. The first kappa shape index (κ1) is 18.7. The van der Waals surface area contributed by atoms with E-state index in [1.807, 2.05) is 24.3 Å². The number of benzene rings is 2. The first-order valence-corrected chi connectivity index (χ1v) is 11.3. The van der Waals surface area contributed by atoms with Gasteiger partial charge < -0.3 is 5.32 Å². The summed E-state index contributed by atoms with van der Waals surface area (Å²) in [6, 6.07) is 14.8. The van der Waals surface area contributed by atoms with Crippen LogP contribution in [0, 0.1) is 11.8 Å². The second-order valence-electron chi connectivity index (χ2n) is 8.58. The number of hydrogen-bond donors (Lipinski definition) is 1. The second kappa shape index (κ2) is 7.48. The van der Waals surface area contributed by atoms with Crippen molar-refractivity contribution in [2.24, 2.45) is 16.8 Å². The van der Waals surface area contributed by atoms with Crippen molar-refractivity contribution in [2.75, 3.05) is 6.54 Å². The molecule has 1 saturated heterocycles. The molecule has 146 valence electrons. The fourth-order valence-corrected chi connectivity index (χ4v) is 6.26. The SMILES string of the molecule is Clc1ccc([C@@H]2NCC[C@H](C3CCCCC3)[C@@]23C=Nc2cc(Cl)ccc23)cc1. The maximum atomic E-state index is 6.30. The van der Waals surface area contributed by atoms with Crippen LogP contribution in [0.1, 0.15) is 55.7 Å². The first-order valence-electron chi connectivity index (χ1n) is 10.5. The number of rotatable bonds is 2. The number of fused-ring (bicyclic) bond motifs is 2. The minimum atomic E-state index is -0.117. The van der Waals surface area contributed by atoms with Crippen LogP contribution >= 0.6 is 23.2 Å². The van der Waals surface area contributed by atoms with Gasteiger partial charge in [-0.25, -0.2) is 0 Å². The minimum absolute atomic E-state index is 0.117. The van der Waals surface area contributed by atoms with E-state index in [1.54, 1.807) is 0 Å². The quantitative estimate of drug-likeness (QED) is 0.570. The number of nitrogens with one attached hydrogen (secondary N) is 1. The van der Waals surface area contributed by atoms with Gasteiger partial charge in [0.25, 0.3) is 0 Å². The van der Waals surface area contributed by atoms with Gasteiger partial charge in [0.1, 0.15) is 0 Å². The molecule has 0 amide bonds. The number of halogens is 2. The van der Waals surface area contributed by atoms with Crippen molar-refractivity contribution in [3.05, 3.63) is 63.6 Å². The van der Waals surface area contributed by atoms with E-state index in [2.05, 4.69) is 29.7 Å². The summed E-state index contributed by atoms with van der Waals surface area (Å²) in [4.78, 5) is 4.90. The Morgan fingerprint density at radius 2 is 1.64 bits per heavy atom. The number of piperidine rings is 1. The summed E-state index contributed by atoms with van der Waals surface area (Å²) >= 11 is 12.5. The Bertz CT molecular complexity index is 886. The molecular weight excluding hydrogens is 387 g/mol. The molecule has 1 spiro atoms. The van der Waals surface area contributed by atoms with Crippen molar-refractivity contribution < 1.29 is 0 Å². The Hall–Kier alpha value is -1.35. The van der Waals surface area contributed by atoms with Crippen LogP contribution in [0.3, 0.4) is 0 Å². The van der Waals surface area contributed by atoms with Crippen LogP contribution in [-0.4, -0.2) is 12.8 Å². The Kier molecular flexibility index (Phi) is 4.99. The predicted octanol–water partition coefficient (Wildman–Crippen LogP) is 6.88. The van der Waals surface area contributed by atoms with Crippen molar-refractivity contribution in [3.63, 3.8) is 0 Å². The monoisotopic (exact) mass is 412 g/mol. The molecule has 1 aliphatic carbocycles. The second-order valence-corrected chi connectivity index (χ2v) is 9.46. The Morgan fingerprint density at radius 1 is 0.893 bits per heavy atom. The molecule has 2 aromatic rings. The topological polar surface area (TPSA) is 24.4 Å². The van der Waals surface area contributed by atoms with E-state index < -0.39 is 0 Å². The molecule has 3 aliphatic rings. The smallest absolute Gasteiger partial charge is 0.0683 e. The zero-order chi connectivity index (χ0) is 19.1. The number of aliphatic imine (C=N–C) groups is 1. The highest BCUT2D eigenvalue weighted by atomic mass is 35.5. The number of hydrogen-bond acceptors (Lipinski definition) is 2. The summed E-state index contributed by atoms with van der Waals surface area (Å²) in [5, 5.41) is 5.39. The fourth-order valence-electron chi connectivity index (χ4n) is 5.97. The molecule has 28 heavy (non-hydrogen) atoms. The predicted molar refractivity (Wildman–Crippen MR) is 118 cm³/mol. The molecule has 5 rings (SSSR count). The van der Waals surface area contributed by atoms with Crippen molar-refractivity contribution in [3.8, 4) is 0 Å². The van der Waals surface area contributed by atoms with Gasteiger partial charge in [-0.3, -0.25) is 4.99 Å². The third-order valence-electron chi connectivity index (χ3n) is 7.16. The molecule has 2 heterocycles. The van der Waals surface area contributed by atoms with Crippen LogP contribution in [0.4, 0.5) is 5.69 Å². The van der Waals surface area contributed by atoms with Gasteiger partial charge in [0.15, 0.2) is 0 Å². The standard InChI is InChI=1S/C24H26Cl2N2/c25-18-8-6-17(7-9-18)23-24(15-28-22-14-19(26)10-11-21(22)24)20(12-13-27-23)16-4-2-1-3-5-16/h6-11,14-16,20,23,27H,1-5,12-13H2/t20-,23+,24-/m1/s1. The summed E-state index contributed by atoms with van der Waals surface area (Å²) in [6.45, 7) is 1.05. The lowest BCUT2D eigenvalue weighted by atomic mass is 9.56. The zero-order valence-electron chi connectivity index (χ0n) is 16.0. The zero-order valence-corrected chi connectivity index (χ0v) is 17.5. The van der Waals surface area contributed by atoms with Gasteiger partial charge in [-0.05, 0) is 60.2 Å². The van der Waals surface area contributed by atoms with Crippen LogP contribution in [-0.2, 0) is 5.41 Å². The van der Waals surface area contributed by atoms with E-state index in [4.69, 9.17) is 28.2 Å². The summed E-state index contributed by atoms with van der Waals surface area (Å²) < 4.78 is 0. The Labute approximate surface area is 177 Å². The third-order valence-corrected chi connectivity index (χ3v) is 7.65. The Morgan fingerprint density at radius 3 is 2.43 bits per heavy atom. The Balaban J connectivity index is 1.65. The van der Waals surface area contributed by atoms with Crippen LogP contribution in [0.5, 0.6) is 0 Å². The van der Waals surface area contributed by atoms with E-state index in [-0.39, 0.29) is 11.5 Å². The molecule has 4 heteroatoms. The molecule has 1 saturated carbocycles. The van der Waals surface area contributed by atoms with Crippen LogP contribution in [0.2, 0.25) is 10.0 Å². The summed E-state index contributed by atoms with van der Waals surface area (Å²) in [7, 11) is 0. The maximum Gasteiger partial charge on any atom is 0.0683 e. The first-order chi connectivity index (χ1) is 13.7. The molecule has 2 nitrogen and oxygen atoms in total. The molecule has 2 aromatic carbocycles. The van der Waals surface area contributed by atoms with Gasteiger partial charge in [-0.15, -0.1) is 0 Å². The van der Waals surface area contributed by atoms with Crippen molar-refractivity contribution in [1.82, 2.24) is 5.32 Å². The largest absolute Gasteiger partial charge is 0.309 e. The van der Waals surface area contributed by atoms with Gasteiger partial charge >= 0.3 is 0 Å². The third kappa shape index (κ3) is 3.01. The average Bonchev–Trinajstić information content (AvgIpc) is 3.08. The van der Waals surface area contributed by atoms with Gasteiger partial charge in [0.2, 0.25) is 0 Å². The highest BCUT2D eigenvalue weighted by molar-refractivity contribution is 6.31. The van der Waals surface area contributed by atoms with E-state index >= 15 is 0 Å². The normalized spacial score (nSPS) is 29.9. The van der Waals surface area contributed by atoms with E-state index in [0.717, 1.165) is 28.2 Å². The van der Waals surface area contributed by atoms with E-state index in [0.29, 0.717) is 5.92 Å². The van der Waals surface area contributed by atoms with Gasteiger partial charge in [0.05, 0.1) is 11.1 Å². The molecule has 2 fully saturated rings. The van der Waals surface area contributed by atoms with Gasteiger partial charge in [-0.2, -0.15) is 0 Å². The molecule has 0 unspecified atom stereocenters. The van der Waals surface area contributed by atoms with Crippen molar-refractivity contribution in [1.29, 1.82) is 0 Å². The highest BCUT2D eigenvalue weighted by Crippen LogP contribution is 2.56. The van der Waals surface area contributed by atoms with E-state index in [1.165, 1.54) is 49.7 Å².